The molecule has 0 aliphatic heterocycles. The van der Waals surface area contributed by atoms with E-state index < -0.39 is 15.8 Å². The summed E-state index contributed by atoms with van der Waals surface area (Å²) in [6.07, 6.45) is 5.64. The van der Waals surface area contributed by atoms with Gasteiger partial charge in [0.15, 0.2) is 0 Å². The average molecular weight is 300 g/mol. The van der Waals surface area contributed by atoms with Gasteiger partial charge in [-0.25, -0.2) is 17.5 Å². The molecular formula is C14H21FN2O2S. The van der Waals surface area contributed by atoms with E-state index in [9.17, 15) is 12.8 Å². The zero-order chi connectivity index (χ0) is 14.6. The number of hydrogen-bond acceptors (Lipinski definition) is 3. The molecule has 1 aromatic carbocycles. The van der Waals surface area contributed by atoms with Crippen molar-refractivity contribution in [3.8, 4) is 0 Å². The zero-order valence-corrected chi connectivity index (χ0v) is 12.3. The Morgan fingerprint density at radius 1 is 1.25 bits per heavy atom. The van der Waals surface area contributed by atoms with Crippen LogP contribution in [0.25, 0.3) is 0 Å². The minimum absolute atomic E-state index is 0.0450. The molecule has 0 atom stereocenters. The SMILES string of the molecule is NCc1c(F)cccc1S(=O)(=O)NCC1CCCCC1. The van der Waals surface area contributed by atoms with Crippen LogP contribution >= 0.6 is 0 Å². The standard InChI is InChI=1S/C14H21FN2O2S/c15-13-7-4-8-14(12(13)9-16)20(18,19)17-10-11-5-2-1-3-6-11/h4,7-8,11,17H,1-3,5-6,9-10,16H2. The largest absolute Gasteiger partial charge is 0.326 e. The maximum atomic E-state index is 13.6. The van der Waals surface area contributed by atoms with Gasteiger partial charge in [0.25, 0.3) is 0 Å². The molecule has 0 bridgehead atoms. The van der Waals surface area contributed by atoms with Crippen molar-refractivity contribution >= 4 is 10.0 Å². The highest BCUT2D eigenvalue weighted by Crippen LogP contribution is 2.24. The molecule has 20 heavy (non-hydrogen) atoms. The Kier molecular flexibility index (Phi) is 5.12. The molecule has 1 fully saturated rings. The molecule has 0 aromatic heterocycles. The molecule has 0 amide bonds. The molecule has 0 radical (unpaired) electrons. The zero-order valence-electron chi connectivity index (χ0n) is 11.4. The third kappa shape index (κ3) is 3.56. The fraction of sp³-hybridized carbons (Fsp3) is 0.571. The first-order valence-corrected chi connectivity index (χ1v) is 8.50. The van der Waals surface area contributed by atoms with Crippen molar-refractivity contribution in [3.05, 3.63) is 29.6 Å². The second-order valence-electron chi connectivity index (χ2n) is 5.28. The van der Waals surface area contributed by atoms with Gasteiger partial charge in [-0.2, -0.15) is 0 Å². The summed E-state index contributed by atoms with van der Waals surface area (Å²) >= 11 is 0. The van der Waals surface area contributed by atoms with E-state index in [1.807, 2.05) is 0 Å². The summed E-state index contributed by atoms with van der Waals surface area (Å²) in [7, 11) is -3.69. The number of benzene rings is 1. The smallest absolute Gasteiger partial charge is 0.241 e. The van der Waals surface area contributed by atoms with Crippen LogP contribution < -0.4 is 10.5 Å². The predicted octanol–water partition coefficient (Wildman–Crippen LogP) is 2.14. The van der Waals surface area contributed by atoms with Crippen molar-refractivity contribution in [2.45, 2.75) is 43.5 Å². The molecule has 112 valence electrons. The Labute approximate surface area is 119 Å². The lowest BCUT2D eigenvalue weighted by Gasteiger charge is -2.22. The van der Waals surface area contributed by atoms with Crippen molar-refractivity contribution in [2.24, 2.45) is 11.7 Å². The average Bonchev–Trinajstić information content (AvgIpc) is 2.46. The van der Waals surface area contributed by atoms with E-state index >= 15 is 0 Å². The fourth-order valence-electron chi connectivity index (χ4n) is 2.69. The Morgan fingerprint density at radius 2 is 1.95 bits per heavy atom. The Morgan fingerprint density at radius 3 is 2.60 bits per heavy atom. The lowest BCUT2D eigenvalue weighted by atomic mass is 9.90. The highest BCUT2D eigenvalue weighted by Gasteiger charge is 2.22. The molecule has 2 rings (SSSR count). The van der Waals surface area contributed by atoms with E-state index in [-0.39, 0.29) is 17.0 Å². The molecule has 0 unspecified atom stereocenters. The lowest BCUT2D eigenvalue weighted by Crippen LogP contribution is -2.31. The van der Waals surface area contributed by atoms with Gasteiger partial charge in [-0.1, -0.05) is 25.3 Å². The second-order valence-corrected chi connectivity index (χ2v) is 7.01. The van der Waals surface area contributed by atoms with Gasteiger partial charge in [-0.3, -0.25) is 0 Å². The summed E-state index contributed by atoms with van der Waals surface area (Å²) in [5, 5.41) is 0. The van der Waals surface area contributed by atoms with Crippen molar-refractivity contribution in [2.75, 3.05) is 6.54 Å². The minimum Gasteiger partial charge on any atom is -0.326 e. The topological polar surface area (TPSA) is 72.2 Å². The van der Waals surface area contributed by atoms with Crippen LogP contribution in [0.1, 0.15) is 37.7 Å². The molecule has 0 spiro atoms. The second kappa shape index (κ2) is 6.65. The number of hydrogen-bond donors (Lipinski definition) is 2. The van der Waals surface area contributed by atoms with Crippen LogP contribution in [0.5, 0.6) is 0 Å². The molecule has 4 nitrogen and oxygen atoms in total. The van der Waals surface area contributed by atoms with Crippen molar-refractivity contribution in [3.63, 3.8) is 0 Å². The molecule has 1 aliphatic rings. The van der Waals surface area contributed by atoms with Gasteiger partial charge in [-0.05, 0) is 30.9 Å². The van der Waals surface area contributed by atoms with Crippen LogP contribution in [-0.2, 0) is 16.6 Å². The summed E-state index contributed by atoms with van der Waals surface area (Å²) in [6.45, 7) is 0.287. The van der Waals surface area contributed by atoms with Gasteiger partial charge in [-0.15, -0.1) is 0 Å². The van der Waals surface area contributed by atoms with Crippen molar-refractivity contribution in [1.29, 1.82) is 0 Å². The molecular weight excluding hydrogens is 279 g/mol. The number of halogens is 1. The molecule has 0 heterocycles. The van der Waals surface area contributed by atoms with Crippen LogP contribution in [0.2, 0.25) is 0 Å². The van der Waals surface area contributed by atoms with E-state index in [1.165, 1.54) is 24.6 Å². The third-order valence-electron chi connectivity index (χ3n) is 3.86. The normalized spacial score (nSPS) is 17.3. The highest BCUT2D eigenvalue weighted by atomic mass is 32.2. The molecule has 1 aromatic rings. The van der Waals surface area contributed by atoms with Crippen LogP contribution in [0.4, 0.5) is 4.39 Å². The van der Waals surface area contributed by atoms with E-state index in [1.54, 1.807) is 0 Å². The quantitative estimate of drug-likeness (QED) is 0.875. The van der Waals surface area contributed by atoms with Gasteiger partial charge < -0.3 is 5.73 Å². The Bertz CT molecular complexity index is 554. The van der Waals surface area contributed by atoms with Crippen molar-refractivity contribution in [1.82, 2.24) is 4.72 Å². The van der Waals surface area contributed by atoms with Gasteiger partial charge in [0.1, 0.15) is 5.82 Å². The van der Waals surface area contributed by atoms with Crippen LogP contribution in [0, 0.1) is 11.7 Å². The molecule has 1 saturated carbocycles. The van der Waals surface area contributed by atoms with Crippen LogP contribution in [0.15, 0.2) is 23.1 Å². The number of nitrogens with two attached hydrogens (primary N) is 1. The van der Waals surface area contributed by atoms with E-state index in [4.69, 9.17) is 5.73 Å². The maximum absolute atomic E-state index is 13.6. The van der Waals surface area contributed by atoms with Crippen LogP contribution in [0.3, 0.4) is 0 Å². The van der Waals surface area contributed by atoms with Crippen LogP contribution in [-0.4, -0.2) is 15.0 Å². The van der Waals surface area contributed by atoms with Gasteiger partial charge in [0, 0.05) is 18.7 Å². The van der Waals surface area contributed by atoms with E-state index in [0.29, 0.717) is 12.5 Å². The summed E-state index contributed by atoms with van der Waals surface area (Å²) in [6, 6.07) is 4.01. The Hall–Kier alpha value is -0.980. The summed E-state index contributed by atoms with van der Waals surface area (Å²) in [4.78, 5) is -0.0455. The molecule has 0 saturated heterocycles. The first kappa shape index (κ1) is 15.4. The number of sulfonamides is 1. The molecule has 3 N–H and O–H groups in total. The van der Waals surface area contributed by atoms with Gasteiger partial charge >= 0.3 is 0 Å². The van der Waals surface area contributed by atoms with Gasteiger partial charge in [0.05, 0.1) is 4.90 Å². The first-order chi connectivity index (χ1) is 9.54. The van der Waals surface area contributed by atoms with Gasteiger partial charge in [0.2, 0.25) is 10.0 Å². The number of rotatable bonds is 5. The lowest BCUT2D eigenvalue weighted by molar-refractivity contribution is 0.357. The fourth-order valence-corrected chi connectivity index (χ4v) is 4.06. The summed E-state index contributed by atoms with van der Waals surface area (Å²) in [5.41, 5.74) is 5.50. The van der Waals surface area contributed by atoms with E-state index in [2.05, 4.69) is 4.72 Å². The van der Waals surface area contributed by atoms with Crippen molar-refractivity contribution < 1.29 is 12.8 Å². The Balaban J connectivity index is 2.12. The maximum Gasteiger partial charge on any atom is 0.241 e. The first-order valence-electron chi connectivity index (χ1n) is 7.01. The highest BCUT2D eigenvalue weighted by molar-refractivity contribution is 7.89. The molecule has 1 aliphatic carbocycles. The monoisotopic (exact) mass is 300 g/mol. The third-order valence-corrected chi connectivity index (χ3v) is 5.36. The summed E-state index contributed by atoms with van der Waals surface area (Å²) in [5.74, 6) is -0.193. The predicted molar refractivity (Wildman–Crippen MR) is 76.1 cm³/mol. The van der Waals surface area contributed by atoms with E-state index in [0.717, 1.165) is 25.7 Å². The minimum atomic E-state index is -3.69. The molecule has 6 heteroatoms. The summed E-state index contributed by atoms with van der Waals surface area (Å²) < 4.78 is 40.7. The number of nitrogens with one attached hydrogen (secondary N) is 1.